The molecule has 0 bridgehead atoms. The van der Waals surface area contributed by atoms with Crippen LogP contribution in [0.2, 0.25) is 0 Å². The SMILES string of the molecule is [2H]c1c([2H])c([2H])c(-c2cccc3c2oc2c(-c4ccccc4)cccc23)c([2H])c1[2H]. The van der Waals surface area contributed by atoms with Crippen LogP contribution in [0.25, 0.3) is 44.2 Å². The van der Waals surface area contributed by atoms with Gasteiger partial charge in [-0.05, 0) is 11.1 Å². The molecule has 0 amide bonds. The van der Waals surface area contributed by atoms with E-state index in [0.717, 1.165) is 21.9 Å². The first-order chi connectivity index (χ1) is 14.5. The third-order valence-electron chi connectivity index (χ3n) is 4.38. The normalized spacial score (nSPS) is 14.0. The van der Waals surface area contributed by atoms with Gasteiger partial charge in [0.1, 0.15) is 11.2 Å². The van der Waals surface area contributed by atoms with Crippen LogP contribution in [0.3, 0.4) is 0 Å². The summed E-state index contributed by atoms with van der Waals surface area (Å²) in [5.74, 6) is 0. The Morgan fingerprint density at radius 1 is 0.560 bits per heavy atom. The van der Waals surface area contributed by atoms with Crippen LogP contribution in [0.15, 0.2) is 101 Å². The van der Waals surface area contributed by atoms with E-state index in [2.05, 4.69) is 0 Å². The minimum Gasteiger partial charge on any atom is -0.455 e. The molecule has 0 atom stereocenters. The predicted octanol–water partition coefficient (Wildman–Crippen LogP) is 6.92. The molecule has 4 aromatic carbocycles. The zero-order valence-corrected chi connectivity index (χ0v) is 13.3. The lowest BCUT2D eigenvalue weighted by atomic mass is 10.0. The second-order valence-electron chi connectivity index (χ2n) is 5.83. The molecule has 0 radical (unpaired) electrons. The van der Waals surface area contributed by atoms with Crippen LogP contribution in [-0.2, 0) is 0 Å². The molecule has 118 valence electrons. The van der Waals surface area contributed by atoms with Gasteiger partial charge in [-0.15, -0.1) is 0 Å². The van der Waals surface area contributed by atoms with Gasteiger partial charge in [-0.3, -0.25) is 0 Å². The molecular weight excluding hydrogens is 304 g/mol. The van der Waals surface area contributed by atoms with Crippen LogP contribution in [-0.4, -0.2) is 0 Å². The summed E-state index contributed by atoms with van der Waals surface area (Å²) in [5, 5.41) is 1.76. The van der Waals surface area contributed by atoms with Crippen LogP contribution in [0.5, 0.6) is 0 Å². The number of hydrogen-bond acceptors (Lipinski definition) is 1. The molecule has 0 aliphatic carbocycles. The van der Waals surface area contributed by atoms with E-state index in [1.54, 1.807) is 6.07 Å². The lowest BCUT2D eigenvalue weighted by Gasteiger charge is -2.02. The minimum absolute atomic E-state index is 0.145. The molecule has 0 N–H and O–H groups in total. The minimum atomic E-state index is -0.406. The topological polar surface area (TPSA) is 13.1 Å². The molecule has 0 aliphatic rings. The van der Waals surface area contributed by atoms with Crippen molar-refractivity contribution in [2.75, 3.05) is 0 Å². The molecule has 0 saturated carbocycles. The third kappa shape index (κ3) is 2.25. The monoisotopic (exact) mass is 325 g/mol. The van der Waals surface area contributed by atoms with E-state index in [0.29, 0.717) is 16.7 Å². The average molecular weight is 325 g/mol. The lowest BCUT2D eigenvalue weighted by Crippen LogP contribution is -1.77. The zero-order valence-electron chi connectivity index (χ0n) is 18.3. The van der Waals surface area contributed by atoms with Crippen molar-refractivity contribution in [3.63, 3.8) is 0 Å². The molecule has 0 saturated heterocycles. The highest BCUT2D eigenvalue weighted by atomic mass is 16.3. The summed E-state index contributed by atoms with van der Waals surface area (Å²) in [6.07, 6.45) is 0. The third-order valence-corrected chi connectivity index (χ3v) is 4.38. The molecule has 0 fully saturated rings. The highest BCUT2D eigenvalue weighted by Crippen LogP contribution is 2.39. The number of benzene rings is 4. The highest BCUT2D eigenvalue weighted by molar-refractivity contribution is 6.12. The van der Waals surface area contributed by atoms with Crippen molar-refractivity contribution in [2.24, 2.45) is 0 Å². The van der Waals surface area contributed by atoms with E-state index in [1.807, 2.05) is 60.7 Å². The Labute approximate surface area is 153 Å². The molecule has 5 aromatic rings. The van der Waals surface area contributed by atoms with Gasteiger partial charge in [0.2, 0.25) is 0 Å². The van der Waals surface area contributed by atoms with Gasteiger partial charge in [0.15, 0.2) is 0 Å². The second kappa shape index (κ2) is 5.64. The van der Waals surface area contributed by atoms with E-state index in [-0.39, 0.29) is 29.7 Å². The fourth-order valence-corrected chi connectivity index (χ4v) is 3.25. The summed E-state index contributed by atoms with van der Waals surface area (Å²) >= 11 is 0. The summed E-state index contributed by atoms with van der Waals surface area (Å²) < 4.78 is 46.9. The van der Waals surface area contributed by atoms with E-state index < -0.39 is 6.04 Å². The van der Waals surface area contributed by atoms with Gasteiger partial charge < -0.3 is 4.42 Å². The van der Waals surface area contributed by atoms with E-state index in [4.69, 9.17) is 11.3 Å². The molecule has 1 aromatic heterocycles. The zero-order chi connectivity index (χ0) is 21.0. The first-order valence-electron chi connectivity index (χ1n) is 10.6. The van der Waals surface area contributed by atoms with E-state index in [9.17, 15) is 0 Å². The van der Waals surface area contributed by atoms with Crippen molar-refractivity contribution in [1.29, 1.82) is 0 Å². The van der Waals surface area contributed by atoms with Crippen LogP contribution in [0.4, 0.5) is 0 Å². The van der Waals surface area contributed by atoms with Gasteiger partial charge in [-0.25, -0.2) is 0 Å². The molecule has 25 heavy (non-hydrogen) atoms. The van der Waals surface area contributed by atoms with E-state index >= 15 is 0 Å². The van der Waals surface area contributed by atoms with Crippen molar-refractivity contribution < 1.29 is 11.3 Å². The van der Waals surface area contributed by atoms with Crippen molar-refractivity contribution in [1.82, 2.24) is 0 Å². The maximum absolute atomic E-state index is 8.35. The Hall–Kier alpha value is -3.32. The molecular formula is C24H16O. The Balaban J connectivity index is 1.88. The Morgan fingerprint density at radius 3 is 1.80 bits per heavy atom. The highest BCUT2D eigenvalue weighted by Gasteiger charge is 2.14. The quantitative estimate of drug-likeness (QED) is 0.343. The first-order valence-corrected chi connectivity index (χ1v) is 8.06. The lowest BCUT2D eigenvalue weighted by molar-refractivity contribution is 0.671. The molecule has 1 nitrogen and oxygen atoms in total. The van der Waals surface area contributed by atoms with E-state index in [1.165, 1.54) is 0 Å². The van der Waals surface area contributed by atoms with Crippen molar-refractivity contribution in [3.05, 3.63) is 96.9 Å². The van der Waals surface area contributed by atoms with Crippen LogP contribution in [0.1, 0.15) is 6.85 Å². The smallest absolute Gasteiger partial charge is 0.143 e. The number of para-hydroxylation sites is 2. The number of furan rings is 1. The molecule has 0 spiro atoms. The average Bonchev–Trinajstić information content (AvgIpc) is 3.17. The Kier molecular flexibility index (Phi) is 2.22. The van der Waals surface area contributed by atoms with Crippen molar-refractivity contribution in [2.45, 2.75) is 0 Å². The van der Waals surface area contributed by atoms with Crippen molar-refractivity contribution in [3.8, 4) is 22.3 Å². The van der Waals surface area contributed by atoms with Gasteiger partial charge in [-0.1, -0.05) is 96.9 Å². The number of fused-ring (bicyclic) bond motifs is 3. The van der Waals surface area contributed by atoms with Crippen LogP contribution >= 0.6 is 0 Å². The standard InChI is InChI=1S/C24H16O/c1-3-9-17(10-4-1)19-13-7-15-21-22-16-8-14-20(24(22)25-23(19)21)18-11-5-2-6-12-18/h1-16H/i1D,3D,4D,9D,10D. The van der Waals surface area contributed by atoms with Gasteiger partial charge in [-0.2, -0.15) is 0 Å². The van der Waals surface area contributed by atoms with Crippen molar-refractivity contribution >= 4 is 21.9 Å². The fourth-order valence-electron chi connectivity index (χ4n) is 3.25. The van der Waals surface area contributed by atoms with Gasteiger partial charge >= 0.3 is 0 Å². The summed E-state index contributed by atoms with van der Waals surface area (Å²) in [6, 6.07) is 19.7. The predicted molar refractivity (Wildman–Crippen MR) is 105 cm³/mol. The molecule has 5 rings (SSSR count). The van der Waals surface area contributed by atoms with Crippen LogP contribution in [0, 0.1) is 0 Å². The number of hydrogen-bond donors (Lipinski definition) is 0. The van der Waals surface area contributed by atoms with Gasteiger partial charge in [0.25, 0.3) is 0 Å². The van der Waals surface area contributed by atoms with Gasteiger partial charge in [0.05, 0.1) is 6.85 Å². The maximum Gasteiger partial charge on any atom is 0.143 e. The van der Waals surface area contributed by atoms with Gasteiger partial charge in [0, 0.05) is 21.9 Å². The maximum atomic E-state index is 8.35. The molecule has 1 heteroatoms. The summed E-state index contributed by atoms with van der Waals surface area (Å²) in [6.45, 7) is 0. The summed E-state index contributed by atoms with van der Waals surface area (Å²) in [7, 11) is 0. The Morgan fingerprint density at radius 2 is 1.16 bits per heavy atom. The fraction of sp³-hybridized carbons (Fsp3) is 0. The number of rotatable bonds is 2. The Bertz CT molecular complexity index is 1410. The van der Waals surface area contributed by atoms with Crippen LogP contribution < -0.4 is 0 Å². The summed E-state index contributed by atoms with van der Waals surface area (Å²) in [4.78, 5) is 0. The largest absolute Gasteiger partial charge is 0.455 e. The first kappa shape index (κ1) is 9.85. The molecule has 1 heterocycles. The molecule has 0 aliphatic heterocycles. The summed E-state index contributed by atoms with van der Waals surface area (Å²) in [5.41, 5.74) is 3.81. The second-order valence-corrected chi connectivity index (χ2v) is 5.83. The molecule has 0 unspecified atom stereocenters.